The Balaban J connectivity index is 1.37. The lowest BCUT2D eigenvalue weighted by atomic mass is 9.87. The minimum absolute atomic E-state index is 0.101. The highest BCUT2D eigenvalue weighted by molar-refractivity contribution is 7.89. The van der Waals surface area contributed by atoms with E-state index in [9.17, 15) is 13.2 Å². The minimum atomic E-state index is -3.43. The van der Waals surface area contributed by atoms with Crippen molar-refractivity contribution < 1.29 is 13.2 Å². The standard InChI is InChI=1S/C23H29N3O3S/c1-25(22-10-6-8-18-7-2-3-9-21(18)22)17-23(27)24-19-11-13-20(14-12-19)30(28,29)26-15-4-5-16-26/h2-3,7,9,11-14,22H,4-6,8,10,15-17H2,1H3,(H,24,27)/t22-/m1/s1. The molecule has 1 aliphatic carbocycles. The smallest absolute Gasteiger partial charge is 0.243 e. The summed E-state index contributed by atoms with van der Waals surface area (Å²) in [5.74, 6) is -0.101. The maximum absolute atomic E-state index is 12.6. The number of hydrogen-bond donors (Lipinski definition) is 1. The van der Waals surface area contributed by atoms with Crippen molar-refractivity contribution in [1.29, 1.82) is 0 Å². The summed E-state index contributed by atoms with van der Waals surface area (Å²) in [4.78, 5) is 15.0. The molecule has 4 rings (SSSR count). The number of carbonyl (C=O) groups is 1. The first-order valence-electron chi connectivity index (χ1n) is 10.6. The van der Waals surface area contributed by atoms with E-state index in [1.165, 1.54) is 15.4 Å². The largest absolute Gasteiger partial charge is 0.325 e. The molecule has 1 N–H and O–H groups in total. The van der Waals surface area contributed by atoms with Crippen molar-refractivity contribution in [1.82, 2.24) is 9.21 Å². The molecule has 6 nitrogen and oxygen atoms in total. The molecule has 1 fully saturated rings. The van der Waals surface area contributed by atoms with Gasteiger partial charge in [0.1, 0.15) is 0 Å². The summed E-state index contributed by atoms with van der Waals surface area (Å²) in [6.45, 7) is 1.45. The Hall–Kier alpha value is -2.22. The van der Waals surface area contributed by atoms with Crippen LogP contribution in [0.5, 0.6) is 0 Å². The van der Waals surface area contributed by atoms with Crippen LogP contribution in [0.2, 0.25) is 0 Å². The summed E-state index contributed by atoms with van der Waals surface area (Å²) < 4.78 is 26.8. The van der Waals surface area contributed by atoms with Crippen LogP contribution in [0.15, 0.2) is 53.4 Å². The first-order chi connectivity index (χ1) is 14.4. The van der Waals surface area contributed by atoms with E-state index in [1.54, 1.807) is 24.3 Å². The van der Waals surface area contributed by atoms with Gasteiger partial charge in [-0.1, -0.05) is 24.3 Å². The number of nitrogens with one attached hydrogen (secondary N) is 1. The van der Waals surface area contributed by atoms with Crippen molar-refractivity contribution in [3.05, 3.63) is 59.7 Å². The van der Waals surface area contributed by atoms with E-state index in [2.05, 4.69) is 34.5 Å². The summed E-state index contributed by atoms with van der Waals surface area (Å²) in [5, 5.41) is 2.90. The van der Waals surface area contributed by atoms with E-state index in [-0.39, 0.29) is 23.4 Å². The average Bonchev–Trinajstić information content (AvgIpc) is 3.29. The lowest BCUT2D eigenvalue weighted by Gasteiger charge is -2.32. The average molecular weight is 428 g/mol. The molecule has 0 spiro atoms. The topological polar surface area (TPSA) is 69.7 Å². The Kier molecular flexibility index (Phi) is 6.22. The van der Waals surface area contributed by atoms with Crippen LogP contribution < -0.4 is 5.32 Å². The zero-order chi connectivity index (χ0) is 21.1. The van der Waals surface area contributed by atoms with Crippen LogP contribution in [0.3, 0.4) is 0 Å². The van der Waals surface area contributed by atoms with Gasteiger partial charge in [0.05, 0.1) is 11.4 Å². The normalized spacial score (nSPS) is 19.6. The molecule has 1 heterocycles. The van der Waals surface area contributed by atoms with Gasteiger partial charge in [0.15, 0.2) is 0 Å². The lowest BCUT2D eigenvalue weighted by Crippen LogP contribution is -2.34. The van der Waals surface area contributed by atoms with Gasteiger partial charge in [-0.25, -0.2) is 8.42 Å². The van der Waals surface area contributed by atoms with Crippen LogP contribution in [-0.2, 0) is 21.2 Å². The fourth-order valence-corrected chi connectivity index (χ4v) is 6.03. The molecule has 1 amide bonds. The van der Waals surface area contributed by atoms with Crippen molar-refractivity contribution in [2.75, 3.05) is 32.0 Å². The second kappa shape index (κ2) is 8.88. The predicted molar refractivity (Wildman–Crippen MR) is 118 cm³/mol. The molecule has 1 atom stereocenters. The molecule has 7 heteroatoms. The van der Waals surface area contributed by atoms with Gasteiger partial charge in [-0.05, 0) is 74.5 Å². The molecule has 0 saturated carbocycles. The maximum atomic E-state index is 12.6. The molecule has 30 heavy (non-hydrogen) atoms. The van der Waals surface area contributed by atoms with E-state index in [0.29, 0.717) is 18.8 Å². The molecular formula is C23H29N3O3S. The van der Waals surface area contributed by atoms with Crippen LogP contribution in [-0.4, -0.2) is 50.2 Å². The van der Waals surface area contributed by atoms with Crippen LogP contribution in [0, 0.1) is 0 Å². The molecule has 160 valence electrons. The molecular weight excluding hydrogens is 398 g/mol. The fraction of sp³-hybridized carbons (Fsp3) is 0.435. The third-order valence-corrected chi connectivity index (χ3v) is 8.02. The summed E-state index contributed by atoms with van der Waals surface area (Å²) >= 11 is 0. The van der Waals surface area contributed by atoms with E-state index >= 15 is 0 Å². The van der Waals surface area contributed by atoms with Crippen LogP contribution >= 0.6 is 0 Å². The lowest BCUT2D eigenvalue weighted by molar-refractivity contribution is -0.117. The molecule has 0 aromatic heterocycles. The van der Waals surface area contributed by atoms with E-state index in [0.717, 1.165) is 32.1 Å². The van der Waals surface area contributed by atoms with Gasteiger partial charge in [0.2, 0.25) is 15.9 Å². The number of benzene rings is 2. The van der Waals surface area contributed by atoms with Gasteiger partial charge in [0, 0.05) is 24.8 Å². The fourth-order valence-electron chi connectivity index (χ4n) is 4.51. The molecule has 1 saturated heterocycles. The van der Waals surface area contributed by atoms with Crippen molar-refractivity contribution in [2.45, 2.75) is 43.0 Å². The van der Waals surface area contributed by atoms with Gasteiger partial charge >= 0.3 is 0 Å². The van der Waals surface area contributed by atoms with Crippen molar-refractivity contribution in [3.8, 4) is 0 Å². The molecule has 0 unspecified atom stereocenters. The third-order valence-electron chi connectivity index (χ3n) is 6.10. The molecule has 2 aromatic carbocycles. The number of fused-ring (bicyclic) bond motifs is 1. The number of likely N-dealkylation sites (N-methyl/N-ethyl adjacent to an activating group) is 1. The molecule has 2 aliphatic rings. The Labute approximate surface area is 178 Å². The Morgan fingerprint density at radius 2 is 1.77 bits per heavy atom. The van der Waals surface area contributed by atoms with Gasteiger partial charge in [0.25, 0.3) is 0 Å². The monoisotopic (exact) mass is 427 g/mol. The number of aryl methyl sites for hydroxylation is 1. The van der Waals surface area contributed by atoms with E-state index < -0.39 is 10.0 Å². The number of sulfonamides is 1. The minimum Gasteiger partial charge on any atom is -0.325 e. The van der Waals surface area contributed by atoms with E-state index in [1.807, 2.05) is 7.05 Å². The van der Waals surface area contributed by atoms with E-state index in [4.69, 9.17) is 0 Å². The molecule has 1 aliphatic heterocycles. The maximum Gasteiger partial charge on any atom is 0.243 e. The Morgan fingerprint density at radius 3 is 2.50 bits per heavy atom. The number of carbonyl (C=O) groups excluding carboxylic acids is 1. The highest BCUT2D eigenvalue weighted by atomic mass is 32.2. The van der Waals surface area contributed by atoms with Gasteiger partial charge in [-0.15, -0.1) is 0 Å². The number of amides is 1. The first-order valence-corrected chi connectivity index (χ1v) is 12.1. The van der Waals surface area contributed by atoms with Crippen molar-refractivity contribution >= 4 is 21.6 Å². The Morgan fingerprint density at radius 1 is 1.07 bits per heavy atom. The quantitative estimate of drug-likeness (QED) is 0.767. The molecule has 0 radical (unpaired) electrons. The molecule has 0 bridgehead atoms. The molecule has 2 aromatic rings. The number of anilines is 1. The predicted octanol–water partition coefficient (Wildman–Crippen LogP) is 3.42. The van der Waals surface area contributed by atoms with Crippen LogP contribution in [0.25, 0.3) is 0 Å². The zero-order valence-electron chi connectivity index (χ0n) is 17.4. The zero-order valence-corrected chi connectivity index (χ0v) is 18.2. The highest BCUT2D eigenvalue weighted by Crippen LogP contribution is 2.33. The summed E-state index contributed by atoms with van der Waals surface area (Å²) in [6.07, 6.45) is 5.09. The Bertz CT molecular complexity index is 999. The summed E-state index contributed by atoms with van der Waals surface area (Å²) in [7, 11) is -1.45. The SMILES string of the molecule is CN(CC(=O)Nc1ccc(S(=O)(=O)N2CCCC2)cc1)[C@@H]1CCCc2ccccc21. The second-order valence-corrected chi connectivity index (χ2v) is 10.1. The third kappa shape index (κ3) is 4.43. The number of rotatable bonds is 6. The van der Waals surface area contributed by atoms with Crippen molar-refractivity contribution in [3.63, 3.8) is 0 Å². The summed E-state index contributed by atoms with van der Waals surface area (Å²) in [5.41, 5.74) is 3.30. The highest BCUT2D eigenvalue weighted by Gasteiger charge is 2.27. The number of nitrogens with zero attached hydrogens (tertiary/aromatic N) is 2. The van der Waals surface area contributed by atoms with Crippen molar-refractivity contribution in [2.24, 2.45) is 0 Å². The van der Waals surface area contributed by atoms with Gasteiger partial charge < -0.3 is 5.32 Å². The number of hydrogen-bond acceptors (Lipinski definition) is 4. The van der Waals surface area contributed by atoms with Gasteiger partial charge in [-0.3, -0.25) is 9.69 Å². The van der Waals surface area contributed by atoms with Crippen LogP contribution in [0.1, 0.15) is 42.9 Å². The first kappa shape index (κ1) is 21.0. The van der Waals surface area contributed by atoms with Gasteiger partial charge in [-0.2, -0.15) is 4.31 Å². The van der Waals surface area contributed by atoms with Crippen LogP contribution in [0.4, 0.5) is 5.69 Å². The summed E-state index contributed by atoms with van der Waals surface area (Å²) in [6, 6.07) is 15.2. The second-order valence-electron chi connectivity index (χ2n) is 8.21.